The third-order valence-electron chi connectivity index (χ3n) is 4.92. The summed E-state index contributed by atoms with van der Waals surface area (Å²) in [5.74, 6) is 1.07. The molecule has 2 aromatic rings. The lowest BCUT2D eigenvalue weighted by atomic mass is 10.2. The van der Waals surface area contributed by atoms with Crippen LogP contribution in [-0.2, 0) is 0 Å². The molecule has 3 rings (SSSR count). The number of phenols is 2. The number of nitrogens with one attached hydrogen (secondary N) is 2. The Morgan fingerprint density at radius 2 is 1.68 bits per heavy atom. The highest BCUT2D eigenvalue weighted by Gasteiger charge is 2.21. The molecule has 1 aliphatic heterocycles. The van der Waals surface area contributed by atoms with Gasteiger partial charge in [0.05, 0.1) is 12.2 Å². The number of benzene rings is 2. The van der Waals surface area contributed by atoms with Gasteiger partial charge in [-0.2, -0.15) is 0 Å². The Bertz CT molecular complexity index is 868. The molecule has 1 fully saturated rings. The van der Waals surface area contributed by atoms with Crippen LogP contribution < -0.4 is 15.5 Å². The van der Waals surface area contributed by atoms with E-state index >= 15 is 0 Å². The normalized spacial score (nSPS) is 14.0. The lowest BCUT2D eigenvalue weighted by Gasteiger charge is -2.37. The molecular weight excluding hydrogens is 509 g/mol. The first-order valence-electron chi connectivity index (χ1n) is 10.2. The van der Waals surface area contributed by atoms with Crippen molar-refractivity contribution in [2.75, 3.05) is 50.7 Å². The molecule has 0 aromatic heterocycles. The topological polar surface area (TPSA) is 100 Å². The number of aromatic hydroxyl groups is 2. The maximum atomic E-state index is 12.1. The first kappa shape index (κ1) is 24.6. The lowest BCUT2D eigenvalue weighted by molar-refractivity contribution is 0.0954. The summed E-state index contributed by atoms with van der Waals surface area (Å²) in [6.07, 6.45) is 0. The number of piperazine rings is 1. The zero-order valence-electron chi connectivity index (χ0n) is 17.6. The van der Waals surface area contributed by atoms with Gasteiger partial charge in [-0.15, -0.1) is 24.0 Å². The van der Waals surface area contributed by atoms with Crippen molar-refractivity contribution in [3.8, 4) is 11.5 Å². The monoisotopic (exact) mass is 539 g/mol. The molecule has 31 heavy (non-hydrogen) atoms. The van der Waals surface area contributed by atoms with Gasteiger partial charge in [0.15, 0.2) is 5.96 Å². The quantitative estimate of drug-likeness (QED) is 0.195. The number of hydrogen-bond donors (Lipinski definition) is 4. The van der Waals surface area contributed by atoms with Crippen LogP contribution in [0.3, 0.4) is 0 Å². The van der Waals surface area contributed by atoms with Gasteiger partial charge in [-0.1, -0.05) is 12.1 Å². The minimum absolute atomic E-state index is 0. The molecule has 8 nitrogen and oxygen atoms in total. The second-order valence-electron chi connectivity index (χ2n) is 7.00. The van der Waals surface area contributed by atoms with Crippen LogP contribution in [0.2, 0.25) is 0 Å². The average Bonchev–Trinajstić information content (AvgIpc) is 2.77. The Labute approximate surface area is 200 Å². The average molecular weight is 539 g/mol. The van der Waals surface area contributed by atoms with Crippen molar-refractivity contribution in [3.05, 3.63) is 54.1 Å². The molecule has 0 radical (unpaired) electrons. The molecule has 1 amide bonds. The molecule has 1 heterocycles. The fourth-order valence-electron chi connectivity index (χ4n) is 3.36. The van der Waals surface area contributed by atoms with Crippen molar-refractivity contribution < 1.29 is 15.0 Å². The highest BCUT2D eigenvalue weighted by atomic mass is 127. The molecule has 0 bridgehead atoms. The standard InChI is InChI=1S/C22H29N5O3.HI/c1-2-23-22(25-12-11-24-21(30)17-7-9-18(28)10-8-17)27-15-13-26(14-16-27)19-5-3-4-6-20(19)29;/h3-10,28-29H,2,11-16H2,1H3,(H,23,25)(H,24,30);1H. The van der Waals surface area contributed by atoms with E-state index in [1.54, 1.807) is 18.2 Å². The van der Waals surface area contributed by atoms with E-state index in [-0.39, 0.29) is 35.6 Å². The molecule has 0 atom stereocenters. The molecule has 4 N–H and O–H groups in total. The number of guanidine groups is 1. The van der Waals surface area contributed by atoms with E-state index in [4.69, 9.17) is 0 Å². The van der Waals surface area contributed by atoms with Crippen LogP contribution in [0.15, 0.2) is 53.5 Å². The number of nitrogens with zero attached hydrogens (tertiary/aromatic N) is 3. The smallest absolute Gasteiger partial charge is 0.251 e. The number of carbonyl (C=O) groups is 1. The zero-order chi connectivity index (χ0) is 21.3. The van der Waals surface area contributed by atoms with Crippen molar-refractivity contribution in [3.63, 3.8) is 0 Å². The van der Waals surface area contributed by atoms with E-state index in [0.29, 0.717) is 24.4 Å². The first-order chi connectivity index (χ1) is 14.6. The van der Waals surface area contributed by atoms with Gasteiger partial charge < -0.3 is 30.6 Å². The summed E-state index contributed by atoms with van der Waals surface area (Å²) >= 11 is 0. The minimum atomic E-state index is -0.188. The molecule has 168 valence electrons. The van der Waals surface area contributed by atoms with E-state index in [9.17, 15) is 15.0 Å². The van der Waals surface area contributed by atoms with Crippen molar-refractivity contribution in [2.24, 2.45) is 4.99 Å². The molecule has 1 aliphatic rings. The summed E-state index contributed by atoms with van der Waals surface area (Å²) in [6.45, 7) is 6.84. The highest BCUT2D eigenvalue weighted by Crippen LogP contribution is 2.27. The maximum Gasteiger partial charge on any atom is 0.251 e. The van der Waals surface area contributed by atoms with Crippen LogP contribution >= 0.6 is 24.0 Å². The Hall–Kier alpha value is -2.69. The predicted molar refractivity (Wildman–Crippen MR) is 134 cm³/mol. The van der Waals surface area contributed by atoms with Gasteiger partial charge in [0.2, 0.25) is 0 Å². The van der Waals surface area contributed by atoms with Crippen molar-refractivity contribution in [1.29, 1.82) is 0 Å². The number of carbonyl (C=O) groups excluding carboxylic acids is 1. The molecule has 0 saturated carbocycles. The van der Waals surface area contributed by atoms with E-state index in [1.807, 2.05) is 25.1 Å². The van der Waals surface area contributed by atoms with Gasteiger partial charge in [0.25, 0.3) is 5.91 Å². The van der Waals surface area contributed by atoms with Gasteiger partial charge in [0, 0.05) is 44.8 Å². The largest absolute Gasteiger partial charge is 0.508 e. The summed E-state index contributed by atoms with van der Waals surface area (Å²) in [5, 5.41) is 25.5. The van der Waals surface area contributed by atoms with Crippen LogP contribution in [0, 0.1) is 0 Å². The fourth-order valence-corrected chi connectivity index (χ4v) is 3.36. The van der Waals surface area contributed by atoms with Crippen LogP contribution in [0.1, 0.15) is 17.3 Å². The van der Waals surface area contributed by atoms with E-state index in [2.05, 4.69) is 25.4 Å². The van der Waals surface area contributed by atoms with Gasteiger partial charge in [0.1, 0.15) is 11.5 Å². The predicted octanol–water partition coefficient (Wildman–Crippen LogP) is 2.23. The molecular formula is C22H30IN5O3. The lowest BCUT2D eigenvalue weighted by Crippen LogP contribution is -2.52. The molecule has 0 aliphatic carbocycles. The summed E-state index contributed by atoms with van der Waals surface area (Å²) < 4.78 is 0. The number of halogens is 1. The molecule has 2 aromatic carbocycles. The van der Waals surface area contributed by atoms with Gasteiger partial charge in [-0.05, 0) is 43.3 Å². The Balaban J connectivity index is 0.00000341. The SMILES string of the molecule is CCNC(=NCCNC(=O)c1ccc(O)cc1)N1CCN(c2ccccc2O)CC1.I. The minimum Gasteiger partial charge on any atom is -0.508 e. The number of para-hydroxylation sites is 2. The Morgan fingerprint density at radius 3 is 2.32 bits per heavy atom. The first-order valence-corrected chi connectivity index (χ1v) is 10.2. The number of rotatable bonds is 6. The third kappa shape index (κ3) is 6.91. The van der Waals surface area contributed by atoms with E-state index < -0.39 is 0 Å². The maximum absolute atomic E-state index is 12.1. The van der Waals surface area contributed by atoms with Crippen LogP contribution in [0.5, 0.6) is 11.5 Å². The summed E-state index contributed by atoms with van der Waals surface area (Å²) in [5.41, 5.74) is 1.36. The molecule has 0 unspecified atom stereocenters. The summed E-state index contributed by atoms with van der Waals surface area (Å²) in [6, 6.07) is 13.5. The number of amides is 1. The number of hydrogen-bond acceptors (Lipinski definition) is 5. The number of anilines is 1. The van der Waals surface area contributed by atoms with Crippen LogP contribution in [0.4, 0.5) is 5.69 Å². The second-order valence-corrected chi connectivity index (χ2v) is 7.00. The number of aliphatic imine (C=N–C) groups is 1. The second kappa shape index (κ2) is 12.2. The molecule has 0 spiro atoms. The van der Waals surface area contributed by atoms with Crippen LogP contribution in [0.25, 0.3) is 0 Å². The molecule has 1 saturated heterocycles. The fraction of sp³-hybridized carbons (Fsp3) is 0.364. The van der Waals surface area contributed by atoms with E-state index in [0.717, 1.165) is 44.4 Å². The highest BCUT2D eigenvalue weighted by molar-refractivity contribution is 14.0. The van der Waals surface area contributed by atoms with E-state index in [1.165, 1.54) is 12.1 Å². The third-order valence-corrected chi connectivity index (χ3v) is 4.92. The van der Waals surface area contributed by atoms with Gasteiger partial charge >= 0.3 is 0 Å². The van der Waals surface area contributed by atoms with Gasteiger partial charge in [-0.3, -0.25) is 9.79 Å². The molecule has 9 heteroatoms. The van der Waals surface area contributed by atoms with Crippen molar-refractivity contribution in [1.82, 2.24) is 15.5 Å². The summed E-state index contributed by atoms with van der Waals surface area (Å²) in [7, 11) is 0. The van der Waals surface area contributed by atoms with Crippen molar-refractivity contribution >= 4 is 41.5 Å². The Kier molecular flexibility index (Phi) is 9.70. The van der Waals surface area contributed by atoms with Gasteiger partial charge in [-0.25, -0.2) is 0 Å². The summed E-state index contributed by atoms with van der Waals surface area (Å²) in [4.78, 5) is 21.1. The number of phenolic OH excluding ortho intramolecular Hbond substituents is 2. The Morgan fingerprint density at radius 1 is 1.00 bits per heavy atom. The van der Waals surface area contributed by atoms with Crippen LogP contribution in [-0.4, -0.2) is 72.8 Å². The van der Waals surface area contributed by atoms with Crippen molar-refractivity contribution in [2.45, 2.75) is 6.92 Å². The zero-order valence-corrected chi connectivity index (χ0v) is 20.0.